The van der Waals surface area contributed by atoms with Gasteiger partial charge in [-0.15, -0.1) is 0 Å². The molecular formula is C11H24N2. The Kier molecular flexibility index (Phi) is 4.20. The van der Waals surface area contributed by atoms with Crippen LogP contribution in [0, 0.1) is 5.41 Å². The first-order chi connectivity index (χ1) is 6.14. The molecule has 0 aromatic carbocycles. The van der Waals surface area contributed by atoms with Crippen molar-refractivity contribution in [2.24, 2.45) is 5.41 Å². The zero-order chi connectivity index (χ0) is 9.73. The molecule has 0 spiro atoms. The topological polar surface area (TPSA) is 24.1 Å². The van der Waals surface area contributed by atoms with E-state index in [4.69, 9.17) is 0 Å². The molecule has 1 aliphatic rings. The Morgan fingerprint density at radius 1 is 1.38 bits per heavy atom. The summed E-state index contributed by atoms with van der Waals surface area (Å²) in [5.74, 6) is 0. The molecule has 0 saturated carbocycles. The van der Waals surface area contributed by atoms with Crippen molar-refractivity contribution in [2.45, 2.75) is 46.1 Å². The molecule has 1 fully saturated rings. The number of rotatable bonds is 5. The second kappa shape index (κ2) is 4.97. The molecule has 0 bridgehead atoms. The summed E-state index contributed by atoms with van der Waals surface area (Å²) in [6.07, 6.45) is 3.85. The molecule has 1 saturated heterocycles. The smallest absolute Gasteiger partial charge is 0.00849 e. The third kappa shape index (κ3) is 4.10. The van der Waals surface area contributed by atoms with E-state index < -0.39 is 0 Å². The van der Waals surface area contributed by atoms with E-state index in [1.54, 1.807) is 0 Å². The zero-order valence-electron chi connectivity index (χ0n) is 9.32. The predicted molar refractivity (Wildman–Crippen MR) is 58.0 cm³/mol. The first kappa shape index (κ1) is 11.0. The van der Waals surface area contributed by atoms with Crippen LogP contribution >= 0.6 is 0 Å². The van der Waals surface area contributed by atoms with Gasteiger partial charge in [-0.2, -0.15) is 0 Å². The van der Waals surface area contributed by atoms with Crippen LogP contribution in [0.25, 0.3) is 0 Å². The zero-order valence-corrected chi connectivity index (χ0v) is 9.32. The van der Waals surface area contributed by atoms with E-state index in [0.717, 1.165) is 12.6 Å². The average molecular weight is 184 g/mol. The van der Waals surface area contributed by atoms with E-state index in [0.29, 0.717) is 5.41 Å². The van der Waals surface area contributed by atoms with Crippen molar-refractivity contribution in [2.75, 3.05) is 19.6 Å². The third-order valence-corrected chi connectivity index (χ3v) is 2.76. The maximum absolute atomic E-state index is 3.58. The van der Waals surface area contributed by atoms with Crippen LogP contribution in [0.3, 0.4) is 0 Å². The fraction of sp³-hybridized carbons (Fsp3) is 1.00. The average Bonchev–Trinajstić information content (AvgIpc) is 2.40. The molecule has 1 aliphatic heterocycles. The second-order valence-electron chi connectivity index (χ2n) is 4.98. The van der Waals surface area contributed by atoms with Crippen LogP contribution < -0.4 is 10.6 Å². The highest BCUT2D eigenvalue weighted by atomic mass is 15.0. The van der Waals surface area contributed by atoms with Gasteiger partial charge in [-0.05, 0) is 37.8 Å². The van der Waals surface area contributed by atoms with Crippen molar-refractivity contribution in [1.29, 1.82) is 0 Å². The van der Waals surface area contributed by atoms with Gasteiger partial charge in [0.2, 0.25) is 0 Å². The fourth-order valence-corrected chi connectivity index (χ4v) is 2.01. The lowest BCUT2D eigenvalue weighted by Crippen LogP contribution is -2.27. The van der Waals surface area contributed by atoms with Crippen LogP contribution in [0.5, 0.6) is 0 Å². The lowest BCUT2D eigenvalue weighted by atomic mass is 9.90. The van der Waals surface area contributed by atoms with E-state index >= 15 is 0 Å². The molecule has 78 valence electrons. The van der Waals surface area contributed by atoms with E-state index in [9.17, 15) is 0 Å². The van der Waals surface area contributed by atoms with E-state index in [2.05, 4.69) is 31.4 Å². The van der Waals surface area contributed by atoms with Gasteiger partial charge in [0.1, 0.15) is 0 Å². The predicted octanol–water partition coefficient (Wildman–Crippen LogP) is 1.76. The van der Waals surface area contributed by atoms with Crippen molar-refractivity contribution < 1.29 is 0 Å². The highest BCUT2D eigenvalue weighted by Gasteiger charge is 2.29. The Bertz CT molecular complexity index is 143. The molecule has 0 radical (unpaired) electrons. The Morgan fingerprint density at radius 2 is 2.15 bits per heavy atom. The fourth-order valence-electron chi connectivity index (χ4n) is 2.01. The van der Waals surface area contributed by atoms with Gasteiger partial charge >= 0.3 is 0 Å². The van der Waals surface area contributed by atoms with Crippen molar-refractivity contribution in [3.63, 3.8) is 0 Å². The lowest BCUT2D eigenvalue weighted by molar-refractivity contribution is 0.396. The Morgan fingerprint density at radius 3 is 2.69 bits per heavy atom. The van der Waals surface area contributed by atoms with Crippen LogP contribution in [-0.4, -0.2) is 25.7 Å². The van der Waals surface area contributed by atoms with Crippen LogP contribution in [0.15, 0.2) is 0 Å². The molecule has 0 aromatic rings. The van der Waals surface area contributed by atoms with Gasteiger partial charge in [0.15, 0.2) is 0 Å². The molecular weight excluding hydrogens is 160 g/mol. The number of hydrogen-bond donors (Lipinski definition) is 2. The summed E-state index contributed by atoms with van der Waals surface area (Å²) < 4.78 is 0. The van der Waals surface area contributed by atoms with Gasteiger partial charge in [-0.3, -0.25) is 0 Å². The Labute approximate surface area is 82.5 Å². The van der Waals surface area contributed by atoms with E-state index in [1.165, 1.54) is 32.4 Å². The first-order valence-corrected chi connectivity index (χ1v) is 5.58. The van der Waals surface area contributed by atoms with Crippen molar-refractivity contribution in [1.82, 2.24) is 10.6 Å². The first-order valence-electron chi connectivity index (χ1n) is 5.58. The number of nitrogens with one attached hydrogen (secondary N) is 2. The van der Waals surface area contributed by atoms with Crippen LogP contribution in [0.1, 0.15) is 40.0 Å². The summed E-state index contributed by atoms with van der Waals surface area (Å²) in [6, 6.07) is 0.749. The maximum atomic E-state index is 3.58. The summed E-state index contributed by atoms with van der Waals surface area (Å²) in [5.41, 5.74) is 0.523. The largest absolute Gasteiger partial charge is 0.317 e. The summed E-state index contributed by atoms with van der Waals surface area (Å²) in [5, 5.41) is 7.03. The lowest BCUT2D eigenvalue weighted by Gasteiger charge is -2.15. The molecule has 2 nitrogen and oxygen atoms in total. The summed E-state index contributed by atoms with van der Waals surface area (Å²) in [7, 11) is 0. The molecule has 0 aliphatic carbocycles. The normalized spacial score (nSPS) is 26.5. The van der Waals surface area contributed by atoms with E-state index in [-0.39, 0.29) is 0 Å². The molecule has 1 rings (SSSR count). The minimum atomic E-state index is 0.523. The summed E-state index contributed by atoms with van der Waals surface area (Å²) >= 11 is 0. The highest BCUT2D eigenvalue weighted by molar-refractivity contribution is 4.87. The Balaban J connectivity index is 2.04. The molecule has 13 heavy (non-hydrogen) atoms. The molecule has 1 unspecified atom stereocenters. The van der Waals surface area contributed by atoms with Crippen LogP contribution in [0.2, 0.25) is 0 Å². The molecule has 2 heteroatoms. The minimum Gasteiger partial charge on any atom is -0.317 e. The van der Waals surface area contributed by atoms with E-state index in [1.807, 2.05) is 0 Å². The molecule has 0 aromatic heterocycles. The standard InChI is InChI=1S/C11H24N2/c1-4-6-12-7-5-10-8-11(2,3)9-13-10/h10,12-13H,4-9H2,1-3H3. The second-order valence-corrected chi connectivity index (χ2v) is 4.98. The van der Waals surface area contributed by atoms with Gasteiger partial charge in [-0.1, -0.05) is 20.8 Å². The summed E-state index contributed by atoms with van der Waals surface area (Å²) in [4.78, 5) is 0. The van der Waals surface area contributed by atoms with Gasteiger partial charge in [0.05, 0.1) is 0 Å². The van der Waals surface area contributed by atoms with Crippen molar-refractivity contribution in [3.8, 4) is 0 Å². The van der Waals surface area contributed by atoms with Gasteiger partial charge < -0.3 is 10.6 Å². The number of hydrogen-bond acceptors (Lipinski definition) is 2. The van der Waals surface area contributed by atoms with Crippen LogP contribution in [0.4, 0.5) is 0 Å². The van der Waals surface area contributed by atoms with Crippen LogP contribution in [-0.2, 0) is 0 Å². The maximum Gasteiger partial charge on any atom is 0.00849 e. The molecule has 0 amide bonds. The minimum absolute atomic E-state index is 0.523. The SMILES string of the molecule is CCCNCCC1CC(C)(C)CN1. The van der Waals surface area contributed by atoms with Crippen molar-refractivity contribution >= 4 is 0 Å². The highest BCUT2D eigenvalue weighted by Crippen LogP contribution is 2.27. The molecule has 2 N–H and O–H groups in total. The summed E-state index contributed by atoms with van der Waals surface area (Å²) in [6.45, 7) is 10.4. The Hall–Kier alpha value is -0.0800. The van der Waals surface area contributed by atoms with Gasteiger partial charge in [0.25, 0.3) is 0 Å². The monoisotopic (exact) mass is 184 g/mol. The molecule has 1 atom stereocenters. The third-order valence-electron chi connectivity index (χ3n) is 2.76. The quantitative estimate of drug-likeness (QED) is 0.636. The molecule has 1 heterocycles. The van der Waals surface area contributed by atoms with Gasteiger partial charge in [-0.25, -0.2) is 0 Å². The van der Waals surface area contributed by atoms with Crippen molar-refractivity contribution in [3.05, 3.63) is 0 Å². The van der Waals surface area contributed by atoms with Gasteiger partial charge in [0, 0.05) is 12.6 Å².